The molecule has 0 spiro atoms. The summed E-state index contributed by atoms with van der Waals surface area (Å²) in [5, 5.41) is 24.3. The molecule has 1 saturated heterocycles. The normalized spacial score (nSPS) is 17.6. The Hall–Kier alpha value is -1.73. The first-order valence-electron chi connectivity index (χ1n) is 7.16. The van der Waals surface area contributed by atoms with Crippen LogP contribution in [-0.2, 0) is 0 Å². The Morgan fingerprint density at radius 1 is 1.48 bits per heavy atom. The minimum atomic E-state index is -0.747. The Balaban J connectivity index is 2.41. The van der Waals surface area contributed by atoms with Crippen LogP contribution < -0.4 is 5.32 Å². The van der Waals surface area contributed by atoms with Crippen LogP contribution in [0.2, 0.25) is 0 Å². The summed E-state index contributed by atoms with van der Waals surface area (Å²) in [6, 6.07) is 1.77. The molecule has 0 unspecified atom stereocenters. The molecule has 1 aliphatic rings. The van der Waals surface area contributed by atoms with Crippen LogP contribution in [0.4, 0.5) is 10.1 Å². The van der Waals surface area contributed by atoms with Crippen molar-refractivity contribution in [2.45, 2.75) is 25.8 Å². The van der Waals surface area contributed by atoms with Crippen molar-refractivity contribution in [3.63, 3.8) is 0 Å². The van der Waals surface area contributed by atoms with Gasteiger partial charge in [0.05, 0.1) is 11.0 Å². The highest BCUT2D eigenvalue weighted by atomic mass is 19.1. The van der Waals surface area contributed by atoms with Gasteiger partial charge in [0.1, 0.15) is 5.82 Å². The molecule has 2 N–H and O–H groups in total. The zero-order valence-corrected chi connectivity index (χ0v) is 12.0. The molecular formula is C14H20FN3O3. The molecule has 1 fully saturated rings. The number of nitro benzene ring substituents is 1. The lowest BCUT2D eigenvalue weighted by molar-refractivity contribution is -0.386. The number of halogens is 1. The SMILES string of the molecule is CCC[C@H](c1cc(F)cc([N+](=O)[O-])c1O)N1CCNCC1. The number of nitro groups is 1. The first-order valence-corrected chi connectivity index (χ1v) is 7.16. The molecule has 0 amide bonds. The van der Waals surface area contributed by atoms with Crippen molar-refractivity contribution in [2.24, 2.45) is 0 Å². The standard InChI is InChI=1S/C14H20FN3O3/c1-2-3-12(17-6-4-16-5-7-17)11-8-10(15)9-13(14(11)19)18(20)21/h8-9,12,16,19H,2-7H2,1H3/t12-/m1/s1. The molecule has 116 valence electrons. The van der Waals surface area contributed by atoms with Gasteiger partial charge in [0.25, 0.3) is 0 Å². The summed E-state index contributed by atoms with van der Waals surface area (Å²) in [7, 11) is 0. The second-order valence-electron chi connectivity index (χ2n) is 5.21. The maximum absolute atomic E-state index is 13.7. The quantitative estimate of drug-likeness (QED) is 0.643. The van der Waals surface area contributed by atoms with E-state index in [1.807, 2.05) is 6.92 Å². The third-order valence-electron chi connectivity index (χ3n) is 3.79. The lowest BCUT2D eigenvalue weighted by Gasteiger charge is -2.35. The fourth-order valence-electron chi connectivity index (χ4n) is 2.80. The lowest BCUT2D eigenvalue weighted by Crippen LogP contribution is -2.45. The molecule has 0 aliphatic carbocycles. The first kappa shape index (κ1) is 15.7. The number of rotatable bonds is 5. The van der Waals surface area contributed by atoms with Gasteiger partial charge in [-0.25, -0.2) is 4.39 Å². The molecule has 1 heterocycles. The van der Waals surface area contributed by atoms with Crippen LogP contribution >= 0.6 is 0 Å². The van der Waals surface area contributed by atoms with Gasteiger partial charge < -0.3 is 10.4 Å². The number of piperazine rings is 1. The van der Waals surface area contributed by atoms with E-state index in [0.29, 0.717) is 12.0 Å². The van der Waals surface area contributed by atoms with Gasteiger partial charge in [-0.2, -0.15) is 0 Å². The van der Waals surface area contributed by atoms with Gasteiger partial charge in [0.15, 0.2) is 5.75 Å². The fourth-order valence-corrected chi connectivity index (χ4v) is 2.80. The van der Waals surface area contributed by atoms with Gasteiger partial charge in [-0.15, -0.1) is 0 Å². The van der Waals surface area contributed by atoms with Crippen molar-refractivity contribution in [3.05, 3.63) is 33.6 Å². The Morgan fingerprint density at radius 3 is 2.71 bits per heavy atom. The Bertz CT molecular complexity index is 518. The van der Waals surface area contributed by atoms with Crippen LogP contribution in [0, 0.1) is 15.9 Å². The van der Waals surface area contributed by atoms with E-state index < -0.39 is 22.2 Å². The summed E-state index contributed by atoms with van der Waals surface area (Å²) < 4.78 is 13.7. The molecule has 21 heavy (non-hydrogen) atoms. The number of phenolic OH excluding ortho intramolecular Hbond substituents is 1. The zero-order valence-electron chi connectivity index (χ0n) is 12.0. The van der Waals surface area contributed by atoms with Gasteiger partial charge in [-0.05, 0) is 12.5 Å². The number of hydrogen-bond acceptors (Lipinski definition) is 5. The largest absolute Gasteiger partial charge is 0.502 e. The molecule has 1 atom stereocenters. The number of hydrogen-bond donors (Lipinski definition) is 2. The molecule has 0 radical (unpaired) electrons. The van der Waals surface area contributed by atoms with E-state index in [-0.39, 0.29) is 6.04 Å². The smallest absolute Gasteiger partial charge is 0.313 e. The molecule has 1 aromatic carbocycles. The monoisotopic (exact) mass is 297 g/mol. The molecule has 1 aliphatic heterocycles. The molecule has 0 saturated carbocycles. The highest BCUT2D eigenvalue weighted by Gasteiger charge is 2.28. The third kappa shape index (κ3) is 3.48. The number of nitrogens with one attached hydrogen (secondary N) is 1. The van der Waals surface area contributed by atoms with Crippen molar-refractivity contribution < 1.29 is 14.4 Å². The van der Waals surface area contributed by atoms with Gasteiger partial charge in [-0.1, -0.05) is 13.3 Å². The van der Waals surface area contributed by atoms with E-state index in [1.54, 1.807) is 0 Å². The van der Waals surface area contributed by atoms with Crippen molar-refractivity contribution in [2.75, 3.05) is 26.2 Å². The van der Waals surface area contributed by atoms with Crippen LogP contribution in [0.3, 0.4) is 0 Å². The van der Waals surface area contributed by atoms with Crippen LogP contribution in [-0.4, -0.2) is 41.1 Å². The number of aromatic hydroxyl groups is 1. The maximum Gasteiger partial charge on any atom is 0.313 e. The second kappa shape index (κ2) is 6.82. The van der Waals surface area contributed by atoms with E-state index >= 15 is 0 Å². The minimum absolute atomic E-state index is 0.202. The highest BCUT2D eigenvalue weighted by molar-refractivity contribution is 5.52. The van der Waals surface area contributed by atoms with Crippen LogP contribution in [0.25, 0.3) is 0 Å². The maximum atomic E-state index is 13.7. The number of benzene rings is 1. The fraction of sp³-hybridized carbons (Fsp3) is 0.571. The summed E-state index contributed by atoms with van der Waals surface area (Å²) in [5.41, 5.74) is -0.258. The summed E-state index contributed by atoms with van der Waals surface area (Å²) in [5.74, 6) is -1.11. The van der Waals surface area contributed by atoms with E-state index in [2.05, 4.69) is 10.2 Å². The van der Waals surface area contributed by atoms with E-state index in [9.17, 15) is 19.6 Å². The zero-order chi connectivity index (χ0) is 15.4. The average molecular weight is 297 g/mol. The van der Waals surface area contributed by atoms with Crippen LogP contribution in [0.5, 0.6) is 5.75 Å². The Morgan fingerprint density at radius 2 is 2.14 bits per heavy atom. The van der Waals surface area contributed by atoms with E-state index in [4.69, 9.17) is 0 Å². The molecule has 7 heteroatoms. The second-order valence-corrected chi connectivity index (χ2v) is 5.21. The summed E-state index contributed by atoms with van der Waals surface area (Å²) >= 11 is 0. The summed E-state index contributed by atoms with van der Waals surface area (Å²) in [4.78, 5) is 12.3. The van der Waals surface area contributed by atoms with Gasteiger partial charge in [0.2, 0.25) is 0 Å². The highest BCUT2D eigenvalue weighted by Crippen LogP contribution is 2.38. The Labute approximate surface area is 122 Å². The van der Waals surface area contributed by atoms with Crippen LogP contribution in [0.15, 0.2) is 12.1 Å². The summed E-state index contributed by atoms with van der Waals surface area (Å²) in [6.07, 6.45) is 1.56. The van der Waals surface area contributed by atoms with E-state index in [0.717, 1.165) is 38.7 Å². The molecule has 1 aromatic rings. The Kier molecular flexibility index (Phi) is 5.08. The van der Waals surface area contributed by atoms with Crippen molar-refractivity contribution in [1.29, 1.82) is 0 Å². The molecular weight excluding hydrogens is 277 g/mol. The van der Waals surface area contributed by atoms with Crippen molar-refractivity contribution in [3.8, 4) is 5.75 Å². The van der Waals surface area contributed by atoms with E-state index in [1.165, 1.54) is 6.07 Å². The minimum Gasteiger partial charge on any atom is -0.502 e. The molecule has 6 nitrogen and oxygen atoms in total. The van der Waals surface area contributed by atoms with Gasteiger partial charge in [0, 0.05) is 37.8 Å². The molecule has 2 rings (SSSR count). The topological polar surface area (TPSA) is 78.6 Å². The number of nitrogens with zero attached hydrogens (tertiary/aromatic N) is 2. The molecule has 0 bridgehead atoms. The predicted molar refractivity (Wildman–Crippen MR) is 76.8 cm³/mol. The van der Waals surface area contributed by atoms with Crippen molar-refractivity contribution in [1.82, 2.24) is 10.2 Å². The summed E-state index contributed by atoms with van der Waals surface area (Å²) in [6.45, 7) is 5.18. The molecule has 0 aromatic heterocycles. The third-order valence-corrected chi connectivity index (χ3v) is 3.79. The van der Waals surface area contributed by atoms with Crippen molar-refractivity contribution >= 4 is 5.69 Å². The number of phenols is 1. The average Bonchev–Trinajstić information content (AvgIpc) is 2.47. The van der Waals surface area contributed by atoms with Gasteiger partial charge in [-0.3, -0.25) is 15.0 Å². The first-order chi connectivity index (χ1) is 10.0. The lowest BCUT2D eigenvalue weighted by atomic mass is 9.98. The van der Waals surface area contributed by atoms with Crippen LogP contribution in [0.1, 0.15) is 31.4 Å². The predicted octanol–water partition coefficient (Wildman–Crippen LogP) is 2.19. The van der Waals surface area contributed by atoms with Gasteiger partial charge >= 0.3 is 5.69 Å².